The van der Waals surface area contributed by atoms with E-state index in [0.29, 0.717) is 5.41 Å². The molecule has 1 aliphatic carbocycles. The first-order valence-corrected chi connectivity index (χ1v) is 9.33. The van der Waals surface area contributed by atoms with Crippen molar-refractivity contribution in [3.8, 4) is 0 Å². The largest absolute Gasteiger partial charge is 0.263 e. The summed E-state index contributed by atoms with van der Waals surface area (Å²) in [6, 6.07) is 2.08. The number of pyridine rings is 1. The number of unbranched alkanes of at least 4 members (excludes halogenated alkanes) is 1. The van der Waals surface area contributed by atoms with E-state index in [1.54, 1.807) is 6.20 Å². The quantitative estimate of drug-likeness (QED) is 0.565. The third kappa shape index (κ3) is 4.21. The van der Waals surface area contributed by atoms with E-state index < -0.39 is 0 Å². The van der Waals surface area contributed by atoms with Crippen LogP contribution < -0.4 is 0 Å². The molecular weight excluding hydrogens is 334 g/mol. The molecule has 0 saturated heterocycles. The van der Waals surface area contributed by atoms with Gasteiger partial charge in [0.2, 0.25) is 0 Å². The van der Waals surface area contributed by atoms with Gasteiger partial charge in [-0.3, -0.25) is 4.98 Å². The maximum absolute atomic E-state index is 6.28. The summed E-state index contributed by atoms with van der Waals surface area (Å²) in [5.74, 6) is 0.954. The molecule has 3 heteroatoms. The Morgan fingerprint density at radius 1 is 1.40 bits per heavy atom. The predicted molar refractivity (Wildman–Crippen MR) is 90.7 cm³/mol. The number of alkyl halides is 1. The summed E-state index contributed by atoms with van der Waals surface area (Å²) in [6.07, 6.45) is 14.3. The number of nitrogens with zero attached hydrogens (tertiary/aromatic N) is 1. The van der Waals surface area contributed by atoms with Crippen LogP contribution in [0.4, 0.5) is 0 Å². The number of hydrogen-bond donors (Lipinski definition) is 0. The second-order valence-corrected chi connectivity index (χ2v) is 7.33. The van der Waals surface area contributed by atoms with Gasteiger partial charge in [0.15, 0.2) is 0 Å². The summed E-state index contributed by atoms with van der Waals surface area (Å²) < 4.78 is 0. The van der Waals surface area contributed by atoms with Crippen LogP contribution in [-0.4, -0.2) is 10.3 Å². The van der Waals surface area contributed by atoms with Crippen LogP contribution in [0, 0.1) is 11.3 Å². The second kappa shape index (κ2) is 7.79. The minimum atomic E-state index is 0.397. The molecular formula is C17H25BrClN. The van der Waals surface area contributed by atoms with Crippen molar-refractivity contribution in [2.75, 3.05) is 5.33 Å². The van der Waals surface area contributed by atoms with E-state index in [1.807, 2.05) is 6.20 Å². The van der Waals surface area contributed by atoms with Crippen molar-refractivity contribution in [3.05, 3.63) is 29.0 Å². The summed E-state index contributed by atoms with van der Waals surface area (Å²) in [5, 5.41) is 1.90. The third-order valence-electron chi connectivity index (χ3n) is 4.84. The average Bonchev–Trinajstić information content (AvgIpc) is 2.49. The average molecular weight is 359 g/mol. The SMILES string of the molecule is CCCCC1CCC(CBr)(Cc2ccncc2Cl)CC1. The van der Waals surface area contributed by atoms with Gasteiger partial charge in [-0.05, 0) is 55.1 Å². The van der Waals surface area contributed by atoms with Gasteiger partial charge in [-0.25, -0.2) is 0 Å². The molecule has 1 saturated carbocycles. The van der Waals surface area contributed by atoms with Gasteiger partial charge < -0.3 is 0 Å². The van der Waals surface area contributed by atoms with Crippen molar-refractivity contribution in [2.45, 2.75) is 58.3 Å². The number of halogens is 2. The topological polar surface area (TPSA) is 12.9 Å². The summed E-state index contributed by atoms with van der Waals surface area (Å²) in [4.78, 5) is 4.09. The van der Waals surface area contributed by atoms with E-state index in [-0.39, 0.29) is 0 Å². The molecule has 0 radical (unpaired) electrons. The molecule has 0 bridgehead atoms. The lowest BCUT2D eigenvalue weighted by Crippen LogP contribution is -2.31. The van der Waals surface area contributed by atoms with Gasteiger partial charge in [0.1, 0.15) is 0 Å². The van der Waals surface area contributed by atoms with Crippen LogP contribution in [-0.2, 0) is 6.42 Å². The first-order chi connectivity index (χ1) is 9.69. The molecule has 0 aliphatic heterocycles. The zero-order chi connectivity index (χ0) is 14.4. The first kappa shape index (κ1) is 16.3. The summed E-state index contributed by atoms with van der Waals surface area (Å²) in [6.45, 7) is 2.29. The molecule has 1 heterocycles. The van der Waals surface area contributed by atoms with E-state index in [1.165, 1.54) is 50.5 Å². The number of rotatable bonds is 6. The molecule has 0 amide bonds. The highest BCUT2D eigenvalue weighted by Gasteiger charge is 2.34. The molecule has 0 unspecified atom stereocenters. The van der Waals surface area contributed by atoms with E-state index >= 15 is 0 Å². The highest BCUT2D eigenvalue weighted by atomic mass is 79.9. The lowest BCUT2D eigenvalue weighted by molar-refractivity contribution is 0.168. The molecule has 20 heavy (non-hydrogen) atoms. The van der Waals surface area contributed by atoms with Crippen molar-refractivity contribution in [1.82, 2.24) is 4.98 Å². The standard InChI is InChI=1S/C17H25BrClN/c1-2-3-4-14-5-8-17(13-18,9-6-14)11-15-7-10-20-12-16(15)19/h7,10,12,14H,2-6,8-9,11,13H2,1H3. The van der Waals surface area contributed by atoms with Crippen molar-refractivity contribution in [3.63, 3.8) is 0 Å². The lowest BCUT2D eigenvalue weighted by atomic mass is 9.68. The van der Waals surface area contributed by atoms with E-state index in [2.05, 4.69) is 33.9 Å². The van der Waals surface area contributed by atoms with E-state index in [0.717, 1.165) is 22.7 Å². The molecule has 0 spiro atoms. The summed E-state index contributed by atoms with van der Waals surface area (Å²) in [7, 11) is 0. The normalized spacial score (nSPS) is 26.6. The molecule has 0 atom stereocenters. The van der Waals surface area contributed by atoms with Crippen LogP contribution in [0.25, 0.3) is 0 Å². The molecule has 2 rings (SSSR count). The number of aromatic nitrogens is 1. The van der Waals surface area contributed by atoms with Gasteiger partial charge >= 0.3 is 0 Å². The first-order valence-electron chi connectivity index (χ1n) is 7.83. The fourth-order valence-corrected chi connectivity index (χ4v) is 4.33. The smallest absolute Gasteiger partial charge is 0.0621 e. The van der Waals surface area contributed by atoms with Crippen LogP contribution >= 0.6 is 27.5 Å². The highest BCUT2D eigenvalue weighted by molar-refractivity contribution is 9.09. The Hall–Kier alpha value is -0.0800. The Bertz CT molecular complexity index is 413. The Morgan fingerprint density at radius 3 is 2.75 bits per heavy atom. The van der Waals surface area contributed by atoms with E-state index in [4.69, 9.17) is 11.6 Å². The molecule has 1 aromatic heterocycles. The van der Waals surface area contributed by atoms with Crippen LogP contribution in [0.5, 0.6) is 0 Å². The fraction of sp³-hybridized carbons (Fsp3) is 0.706. The van der Waals surface area contributed by atoms with Crippen molar-refractivity contribution in [2.24, 2.45) is 11.3 Å². The van der Waals surface area contributed by atoms with Gasteiger partial charge in [0.05, 0.1) is 5.02 Å². The zero-order valence-electron chi connectivity index (χ0n) is 12.4. The monoisotopic (exact) mass is 357 g/mol. The molecule has 1 aliphatic rings. The fourth-order valence-electron chi connectivity index (χ4n) is 3.38. The van der Waals surface area contributed by atoms with Gasteiger partial charge in [0.25, 0.3) is 0 Å². The molecule has 1 nitrogen and oxygen atoms in total. The third-order valence-corrected chi connectivity index (χ3v) is 6.37. The van der Waals surface area contributed by atoms with Gasteiger partial charge in [-0.15, -0.1) is 0 Å². The Kier molecular flexibility index (Phi) is 6.35. The Morgan fingerprint density at radius 2 is 2.15 bits per heavy atom. The maximum atomic E-state index is 6.28. The van der Waals surface area contributed by atoms with Gasteiger partial charge in [0, 0.05) is 17.7 Å². The van der Waals surface area contributed by atoms with Crippen LogP contribution in [0.15, 0.2) is 18.5 Å². The highest BCUT2D eigenvalue weighted by Crippen LogP contribution is 2.44. The Balaban J connectivity index is 1.97. The van der Waals surface area contributed by atoms with Gasteiger partial charge in [-0.2, -0.15) is 0 Å². The minimum Gasteiger partial charge on any atom is -0.263 e. The van der Waals surface area contributed by atoms with Crippen LogP contribution in [0.2, 0.25) is 5.02 Å². The molecule has 112 valence electrons. The minimum absolute atomic E-state index is 0.397. The predicted octanol–water partition coefficient (Wildman–Crippen LogP) is 6.04. The zero-order valence-corrected chi connectivity index (χ0v) is 14.7. The van der Waals surface area contributed by atoms with E-state index in [9.17, 15) is 0 Å². The van der Waals surface area contributed by atoms with Crippen LogP contribution in [0.1, 0.15) is 57.4 Å². The Labute approximate surface area is 136 Å². The van der Waals surface area contributed by atoms with Crippen molar-refractivity contribution < 1.29 is 0 Å². The number of hydrogen-bond acceptors (Lipinski definition) is 1. The van der Waals surface area contributed by atoms with Crippen LogP contribution in [0.3, 0.4) is 0 Å². The molecule has 1 aromatic rings. The molecule has 1 fully saturated rings. The van der Waals surface area contributed by atoms with Crippen molar-refractivity contribution in [1.29, 1.82) is 0 Å². The maximum Gasteiger partial charge on any atom is 0.0621 e. The van der Waals surface area contributed by atoms with Gasteiger partial charge in [-0.1, -0.05) is 53.7 Å². The second-order valence-electron chi connectivity index (χ2n) is 6.36. The summed E-state index contributed by atoms with van der Waals surface area (Å²) >= 11 is 10.0. The molecule has 0 aromatic carbocycles. The lowest BCUT2D eigenvalue weighted by Gasteiger charge is -2.39. The molecule has 0 N–H and O–H groups in total. The van der Waals surface area contributed by atoms with Crippen molar-refractivity contribution >= 4 is 27.5 Å². The summed E-state index contributed by atoms with van der Waals surface area (Å²) in [5.41, 5.74) is 1.65.